The molecular formula is C5H10F4O2. The Hall–Kier alpha value is -0.360. The van der Waals surface area contributed by atoms with E-state index in [1.54, 1.807) is 0 Å². The Kier molecular flexibility index (Phi) is 9.32. The zero-order chi connectivity index (χ0) is 9.44. The van der Waals surface area contributed by atoms with E-state index in [4.69, 9.17) is 10.2 Å². The summed E-state index contributed by atoms with van der Waals surface area (Å²) in [7, 11) is 0. The lowest BCUT2D eigenvalue weighted by Crippen LogP contribution is -2.08. The molecule has 70 valence electrons. The molecule has 0 rings (SSSR count). The molecule has 0 aromatic rings. The van der Waals surface area contributed by atoms with Gasteiger partial charge in [-0.1, -0.05) is 0 Å². The van der Waals surface area contributed by atoms with E-state index in [1.165, 1.54) is 6.92 Å². The fourth-order valence-electron chi connectivity index (χ4n) is 0. The Balaban J connectivity index is 0. The molecule has 0 bridgehead atoms. The van der Waals surface area contributed by atoms with E-state index >= 15 is 0 Å². The van der Waals surface area contributed by atoms with Crippen LogP contribution in [0.5, 0.6) is 0 Å². The highest BCUT2D eigenvalue weighted by molar-refractivity contribution is 4.35. The van der Waals surface area contributed by atoms with Crippen molar-refractivity contribution in [2.45, 2.75) is 25.8 Å². The second-order valence-electron chi connectivity index (χ2n) is 1.71. The quantitative estimate of drug-likeness (QED) is 0.616. The second kappa shape index (κ2) is 7.74. The van der Waals surface area contributed by atoms with Crippen molar-refractivity contribution in [2.24, 2.45) is 0 Å². The van der Waals surface area contributed by atoms with Crippen LogP contribution in [-0.2, 0) is 0 Å². The number of aliphatic hydroxyl groups excluding tert-OH is 2. The summed E-state index contributed by atoms with van der Waals surface area (Å²) in [5.74, 6) is 0. The van der Waals surface area contributed by atoms with Crippen molar-refractivity contribution < 1.29 is 27.8 Å². The highest BCUT2D eigenvalue weighted by Gasteiger charge is 2.12. The Labute approximate surface area is 61.5 Å². The summed E-state index contributed by atoms with van der Waals surface area (Å²) in [6, 6.07) is 0. The van der Waals surface area contributed by atoms with Crippen LogP contribution >= 0.6 is 0 Å². The molecular weight excluding hydrogens is 168 g/mol. The fourth-order valence-corrected chi connectivity index (χ4v) is 0. The third-order valence-corrected chi connectivity index (χ3v) is 0.431. The predicted octanol–water partition coefficient (Wildman–Crippen LogP) is 0.876. The molecule has 0 aliphatic carbocycles. The van der Waals surface area contributed by atoms with Gasteiger partial charge in [0.1, 0.15) is 6.67 Å². The Bertz CT molecular complexity index is 70.9. The van der Waals surface area contributed by atoms with Crippen molar-refractivity contribution in [1.82, 2.24) is 0 Å². The van der Waals surface area contributed by atoms with Crippen LogP contribution in [0.3, 0.4) is 0 Å². The van der Waals surface area contributed by atoms with E-state index in [2.05, 4.69) is 0 Å². The maximum absolute atomic E-state index is 10.9. The zero-order valence-corrected chi connectivity index (χ0v) is 5.85. The Morgan fingerprint density at radius 1 is 1.18 bits per heavy atom. The normalized spacial score (nSPS) is 15.3. The number of alkyl halides is 4. The molecule has 2 atom stereocenters. The minimum absolute atomic E-state index is 0.639. The first-order chi connectivity index (χ1) is 4.91. The van der Waals surface area contributed by atoms with Gasteiger partial charge in [-0.3, -0.25) is 0 Å². The molecule has 0 aliphatic heterocycles. The SMILES string of the molecule is CC(O)CF.OC(F)C(F)F. The zero-order valence-electron chi connectivity index (χ0n) is 5.85. The van der Waals surface area contributed by atoms with Crippen LogP contribution in [0.4, 0.5) is 17.6 Å². The van der Waals surface area contributed by atoms with Gasteiger partial charge in [0.15, 0.2) is 0 Å². The highest BCUT2D eigenvalue weighted by Crippen LogP contribution is 1.98. The summed E-state index contributed by atoms with van der Waals surface area (Å²) in [6.45, 7) is 0.764. The van der Waals surface area contributed by atoms with Gasteiger partial charge in [0.25, 0.3) is 12.8 Å². The molecule has 0 fully saturated rings. The lowest BCUT2D eigenvalue weighted by atomic mass is 10.5. The molecule has 2 unspecified atom stereocenters. The minimum atomic E-state index is -3.26. The van der Waals surface area contributed by atoms with Crippen LogP contribution in [0, 0.1) is 0 Å². The highest BCUT2D eigenvalue weighted by atomic mass is 19.3. The second-order valence-corrected chi connectivity index (χ2v) is 1.71. The van der Waals surface area contributed by atoms with Crippen LogP contribution in [0.1, 0.15) is 6.92 Å². The number of halogens is 4. The molecule has 6 heteroatoms. The number of rotatable bonds is 2. The molecule has 0 aromatic heterocycles. The molecule has 0 aromatic carbocycles. The third-order valence-electron chi connectivity index (χ3n) is 0.431. The lowest BCUT2D eigenvalue weighted by Gasteiger charge is -1.92. The number of aliphatic hydroxyl groups is 2. The molecule has 0 heterocycles. The van der Waals surface area contributed by atoms with Gasteiger partial charge in [0, 0.05) is 0 Å². The molecule has 0 spiro atoms. The molecule has 0 radical (unpaired) electrons. The van der Waals surface area contributed by atoms with Crippen molar-refractivity contribution in [3.63, 3.8) is 0 Å². The van der Waals surface area contributed by atoms with E-state index in [0.717, 1.165) is 0 Å². The van der Waals surface area contributed by atoms with Crippen LogP contribution in [0.15, 0.2) is 0 Å². The average molecular weight is 178 g/mol. The number of hydrogen-bond acceptors (Lipinski definition) is 2. The molecule has 2 nitrogen and oxygen atoms in total. The van der Waals surface area contributed by atoms with Gasteiger partial charge in [0.05, 0.1) is 6.10 Å². The van der Waals surface area contributed by atoms with Crippen molar-refractivity contribution in [3.8, 4) is 0 Å². The van der Waals surface area contributed by atoms with E-state index in [-0.39, 0.29) is 0 Å². The number of hydrogen-bond donors (Lipinski definition) is 2. The van der Waals surface area contributed by atoms with Crippen molar-refractivity contribution in [2.75, 3.05) is 6.67 Å². The fraction of sp³-hybridized carbons (Fsp3) is 1.00. The summed E-state index contributed by atoms with van der Waals surface area (Å²) in [6.07, 6.45) is -7.02. The monoisotopic (exact) mass is 178 g/mol. The van der Waals surface area contributed by atoms with Gasteiger partial charge < -0.3 is 10.2 Å². The van der Waals surface area contributed by atoms with Crippen molar-refractivity contribution in [1.29, 1.82) is 0 Å². The van der Waals surface area contributed by atoms with Gasteiger partial charge in [0.2, 0.25) is 0 Å². The molecule has 11 heavy (non-hydrogen) atoms. The van der Waals surface area contributed by atoms with Crippen molar-refractivity contribution in [3.05, 3.63) is 0 Å². The summed E-state index contributed by atoms with van der Waals surface area (Å²) in [4.78, 5) is 0. The van der Waals surface area contributed by atoms with Crippen LogP contribution in [0.25, 0.3) is 0 Å². The predicted molar refractivity (Wildman–Crippen MR) is 30.8 cm³/mol. The largest absolute Gasteiger partial charge is 0.391 e. The summed E-state index contributed by atoms with van der Waals surface area (Å²) >= 11 is 0. The maximum atomic E-state index is 10.9. The third kappa shape index (κ3) is 17.7. The van der Waals surface area contributed by atoms with Crippen LogP contribution < -0.4 is 0 Å². The van der Waals surface area contributed by atoms with E-state index in [9.17, 15) is 17.6 Å². The first-order valence-corrected chi connectivity index (χ1v) is 2.76. The molecule has 0 aliphatic rings. The average Bonchev–Trinajstić information content (AvgIpc) is 1.89. The van der Waals surface area contributed by atoms with Gasteiger partial charge in [-0.15, -0.1) is 0 Å². The van der Waals surface area contributed by atoms with Crippen LogP contribution in [-0.4, -0.2) is 35.8 Å². The minimum Gasteiger partial charge on any atom is -0.391 e. The van der Waals surface area contributed by atoms with Crippen molar-refractivity contribution >= 4 is 0 Å². The van der Waals surface area contributed by atoms with E-state index < -0.39 is 25.6 Å². The molecule has 2 N–H and O–H groups in total. The molecule has 0 saturated carbocycles. The van der Waals surface area contributed by atoms with Gasteiger partial charge >= 0.3 is 0 Å². The standard InChI is InChI=1S/C3H7FO.C2H3F3O/c1-3(5)2-4;3-1(4)2(5)6/h3,5H,2H2,1H3;1-2,6H. The molecule has 0 saturated heterocycles. The van der Waals surface area contributed by atoms with Gasteiger partial charge in [-0.2, -0.15) is 0 Å². The van der Waals surface area contributed by atoms with Gasteiger partial charge in [-0.25, -0.2) is 17.6 Å². The summed E-state index contributed by atoms with van der Waals surface area (Å²) in [5.41, 5.74) is 0. The summed E-state index contributed by atoms with van der Waals surface area (Å²) < 4.78 is 42.6. The smallest absolute Gasteiger partial charge is 0.293 e. The van der Waals surface area contributed by atoms with Crippen LogP contribution in [0.2, 0.25) is 0 Å². The first kappa shape index (κ1) is 13.2. The first-order valence-electron chi connectivity index (χ1n) is 2.76. The summed E-state index contributed by atoms with van der Waals surface area (Å²) in [5, 5.41) is 15.2. The Morgan fingerprint density at radius 3 is 1.36 bits per heavy atom. The molecule has 0 amide bonds. The lowest BCUT2D eigenvalue weighted by molar-refractivity contribution is -0.0843. The Morgan fingerprint density at radius 2 is 1.36 bits per heavy atom. The van der Waals surface area contributed by atoms with Gasteiger partial charge in [-0.05, 0) is 6.92 Å². The topological polar surface area (TPSA) is 40.5 Å². The maximum Gasteiger partial charge on any atom is 0.293 e. The van der Waals surface area contributed by atoms with E-state index in [1.807, 2.05) is 0 Å². The van der Waals surface area contributed by atoms with E-state index in [0.29, 0.717) is 0 Å².